The summed E-state index contributed by atoms with van der Waals surface area (Å²) in [6.07, 6.45) is 3.81. The molecule has 46 heavy (non-hydrogen) atoms. The Morgan fingerprint density at radius 1 is 0.826 bits per heavy atom. The van der Waals surface area contributed by atoms with E-state index < -0.39 is 37.9 Å². The van der Waals surface area contributed by atoms with Crippen molar-refractivity contribution >= 4 is 31.7 Å². The molecule has 3 amide bonds. The minimum atomic E-state index is -4.78. The zero-order chi connectivity index (χ0) is 34.0. The summed E-state index contributed by atoms with van der Waals surface area (Å²) in [5.74, 6) is -2.32. The molecule has 0 aliphatic rings. The molecule has 0 aromatic heterocycles. The molecule has 5 N–H and O–H groups in total. The number of hydrogen-bond donors (Lipinski definition) is 5. The number of nitrogens with zero attached hydrogens (tertiary/aromatic N) is 1. The van der Waals surface area contributed by atoms with E-state index in [1.54, 1.807) is 29.2 Å². The fraction of sp³-hybridized carbons (Fsp3) is 0.500. The second-order valence-electron chi connectivity index (χ2n) is 10.9. The molecule has 0 bridgehead atoms. The molecule has 2 aromatic carbocycles. The van der Waals surface area contributed by atoms with Crippen molar-refractivity contribution in [2.75, 3.05) is 13.1 Å². The van der Waals surface area contributed by atoms with Crippen molar-refractivity contribution in [2.24, 2.45) is 0 Å². The number of ether oxygens (including phenoxy) is 1. The van der Waals surface area contributed by atoms with Gasteiger partial charge in [0.25, 0.3) is 0 Å². The number of aliphatic carboxylic acids is 1. The van der Waals surface area contributed by atoms with Crippen LogP contribution in [0.5, 0.6) is 5.75 Å². The van der Waals surface area contributed by atoms with Crippen LogP contribution in [0.2, 0.25) is 0 Å². The fourth-order valence-corrected chi connectivity index (χ4v) is 5.03. The Kier molecular flexibility index (Phi) is 16.8. The van der Waals surface area contributed by atoms with Gasteiger partial charge in [0.1, 0.15) is 24.4 Å². The maximum atomic E-state index is 13.7. The molecular weight excluding hydrogens is 617 g/mol. The van der Waals surface area contributed by atoms with Crippen LogP contribution in [0.3, 0.4) is 0 Å². The molecule has 0 spiro atoms. The van der Waals surface area contributed by atoms with Crippen molar-refractivity contribution in [3.63, 3.8) is 0 Å². The number of rotatable bonds is 21. The van der Waals surface area contributed by atoms with Crippen LogP contribution in [-0.4, -0.2) is 68.8 Å². The van der Waals surface area contributed by atoms with Crippen LogP contribution in [-0.2, 0) is 36.7 Å². The first-order chi connectivity index (χ1) is 21.9. The van der Waals surface area contributed by atoms with Gasteiger partial charge in [0, 0.05) is 25.9 Å². The van der Waals surface area contributed by atoms with Gasteiger partial charge in [-0.1, -0.05) is 82.0 Å². The van der Waals surface area contributed by atoms with Crippen molar-refractivity contribution in [1.29, 1.82) is 0 Å². The topological polar surface area (TPSA) is 192 Å². The van der Waals surface area contributed by atoms with Crippen LogP contribution < -0.4 is 15.2 Å². The predicted octanol–water partition coefficient (Wildman–Crippen LogP) is 4.55. The van der Waals surface area contributed by atoms with Gasteiger partial charge in [-0.2, -0.15) is 0 Å². The van der Waals surface area contributed by atoms with Gasteiger partial charge < -0.3 is 29.9 Å². The van der Waals surface area contributed by atoms with Crippen molar-refractivity contribution in [3.8, 4) is 5.75 Å². The summed E-state index contributed by atoms with van der Waals surface area (Å²) < 4.78 is 21.1. The third kappa shape index (κ3) is 15.4. The van der Waals surface area contributed by atoms with E-state index in [2.05, 4.69) is 29.0 Å². The number of carbonyl (C=O) groups is 4. The van der Waals surface area contributed by atoms with Crippen molar-refractivity contribution in [3.05, 3.63) is 65.7 Å². The number of unbranched alkanes of at least 4 members (excludes halogenated alkanes) is 4. The molecule has 0 saturated heterocycles. The van der Waals surface area contributed by atoms with Crippen molar-refractivity contribution in [1.82, 2.24) is 15.5 Å². The molecule has 14 heteroatoms. The standard InChI is InChI=1S/C32H46N3O10P/c1-3-5-10-20-35(21-11-6-4-2)31(39)27(18-19-29(36)37)33-30(38)28(34-32(40)44-23-25-12-8-7-9-13-25)22-24-14-16-26(17-15-24)45-46(41,42)43/h7-9,12-17,27-28H,3-6,10-11,18-23H2,1-2H3,(H,33,38)(H,34,40)(H,36,37)(H2,41,42,43)/t27-,28-/m0/s1. The highest BCUT2D eigenvalue weighted by Crippen LogP contribution is 2.37. The number of benzene rings is 2. The molecule has 0 aliphatic heterocycles. The monoisotopic (exact) mass is 663 g/mol. The van der Waals surface area contributed by atoms with E-state index in [0.29, 0.717) is 18.7 Å². The van der Waals surface area contributed by atoms with Crippen LogP contribution in [0.25, 0.3) is 0 Å². The van der Waals surface area contributed by atoms with Gasteiger partial charge in [0.15, 0.2) is 0 Å². The average molecular weight is 664 g/mol. The Balaban J connectivity index is 2.28. The number of hydrogen-bond acceptors (Lipinski definition) is 7. The Labute approximate surface area is 269 Å². The lowest BCUT2D eigenvalue weighted by molar-refractivity contribution is -0.139. The van der Waals surface area contributed by atoms with Crippen LogP contribution in [0.1, 0.15) is 76.3 Å². The summed E-state index contributed by atoms with van der Waals surface area (Å²) >= 11 is 0. The quantitative estimate of drug-likeness (QED) is 0.0935. The maximum absolute atomic E-state index is 13.7. The summed E-state index contributed by atoms with van der Waals surface area (Å²) in [6.45, 7) is 5.00. The highest BCUT2D eigenvalue weighted by Gasteiger charge is 2.30. The number of phosphoric ester groups is 1. The molecule has 0 radical (unpaired) electrons. The first-order valence-corrected chi connectivity index (χ1v) is 17.1. The number of amides is 3. The molecular formula is C32H46N3O10P. The number of phosphoric acid groups is 1. The second-order valence-corrected chi connectivity index (χ2v) is 12.1. The highest BCUT2D eigenvalue weighted by atomic mass is 31.2. The molecule has 0 heterocycles. The van der Waals surface area contributed by atoms with Gasteiger partial charge >= 0.3 is 19.9 Å². The average Bonchev–Trinajstić information content (AvgIpc) is 3.01. The number of carboxylic acid groups (broad SMARTS) is 1. The predicted molar refractivity (Wildman–Crippen MR) is 171 cm³/mol. The first kappa shape index (κ1) is 38.3. The van der Waals surface area contributed by atoms with Gasteiger partial charge in [0.2, 0.25) is 11.8 Å². The Hall–Kier alpha value is -3.93. The lowest BCUT2D eigenvalue weighted by atomic mass is 10.0. The third-order valence-corrected chi connectivity index (χ3v) is 7.49. The van der Waals surface area contributed by atoms with E-state index in [1.165, 1.54) is 24.3 Å². The van der Waals surface area contributed by atoms with E-state index in [1.807, 2.05) is 6.07 Å². The van der Waals surface area contributed by atoms with E-state index in [4.69, 9.17) is 14.5 Å². The van der Waals surface area contributed by atoms with Gasteiger partial charge in [-0.05, 0) is 42.5 Å². The molecule has 2 rings (SSSR count). The normalized spacial score (nSPS) is 12.4. The molecule has 0 unspecified atom stereocenters. The lowest BCUT2D eigenvalue weighted by Gasteiger charge is -2.29. The zero-order valence-corrected chi connectivity index (χ0v) is 27.3. The summed E-state index contributed by atoms with van der Waals surface area (Å²) in [4.78, 5) is 71.5. The molecule has 0 fully saturated rings. The number of carboxylic acids is 1. The van der Waals surface area contributed by atoms with E-state index >= 15 is 0 Å². The Morgan fingerprint density at radius 2 is 1.43 bits per heavy atom. The second kappa shape index (κ2) is 20.2. The van der Waals surface area contributed by atoms with Crippen molar-refractivity contribution < 1.29 is 47.9 Å². The summed E-state index contributed by atoms with van der Waals surface area (Å²) in [6, 6.07) is 12.1. The van der Waals surface area contributed by atoms with Crippen LogP contribution >= 0.6 is 7.82 Å². The third-order valence-electron chi connectivity index (χ3n) is 7.05. The molecule has 13 nitrogen and oxygen atoms in total. The van der Waals surface area contributed by atoms with E-state index in [-0.39, 0.29) is 37.5 Å². The molecule has 2 atom stereocenters. The molecule has 0 aliphatic carbocycles. The largest absolute Gasteiger partial charge is 0.524 e. The smallest absolute Gasteiger partial charge is 0.481 e. The van der Waals surface area contributed by atoms with Gasteiger partial charge in [0.05, 0.1) is 0 Å². The highest BCUT2D eigenvalue weighted by molar-refractivity contribution is 7.46. The van der Waals surface area contributed by atoms with E-state index in [0.717, 1.165) is 44.1 Å². The summed E-state index contributed by atoms with van der Waals surface area (Å²) in [5, 5.41) is 14.6. The van der Waals surface area contributed by atoms with Crippen LogP contribution in [0.15, 0.2) is 54.6 Å². The minimum Gasteiger partial charge on any atom is -0.481 e. The first-order valence-electron chi connectivity index (χ1n) is 15.5. The van der Waals surface area contributed by atoms with Gasteiger partial charge in [-0.15, -0.1) is 0 Å². The lowest BCUT2D eigenvalue weighted by Crippen LogP contribution is -2.55. The van der Waals surface area contributed by atoms with E-state index in [9.17, 15) is 28.8 Å². The minimum absolute atomic E-state index is 0.0559. The van der Waals surface area contributed by atoms with Crippen molar-refractivity contribution in [2.45, 2.75) is 90.3 Å². The Bertz CT molecular complexity index is 1280. The molecule has 2 aromatic rings. The van der Waals surface area contributed by atoms with Gasteiger partial charge in [-0.25, -0.2) is 9.36 Å². The number of nitrogens with one attached hydrogen (secondary N) is 2. The number of carbonyl (C=O) groups excluding carboxylic acids is 3. The number of alkyl carbamates (subject to hydrolysis) is 1. The molecule has 254 valence electrons. The summed E-state index contributed by atoms with van der Waals surface area (Å²) in [7, 11) is -4.78. The Morgan fingerprint density at radius 3 is 1.98 bits per heavy atom. The fourth-order valence-electron chi connectivity index (χ4n) is 4.63. The molecule has 0 saturated carbocycles. The van der Waals surface area contributed by atoms with Crippen LogP contribution in [0, 0.1) is 0 Å². The van der Waals surface area contributed by atoms with Gasteiger partial charge in [-0.3, -0.25) is 24.2 Å². The zero-order valence-electron chi connectivity index (χ0n) is 26.4. The maximum Gasteiger partial charge on any atom is 0.524 e. The SMILES string of the molecule is CCCCCN(CCCCC)C(=O)[C@H](CCC(=O)O)NC(=O)[C@H](Cc1ccc(OP(=O)(O)O)cc1)NC(=O)OCc1ccccc1. The van der Waals surface area contributed by atoms with Crippen LogP contribution in [0.4, 0.5) is 4.79 Å². The summed E-state index contributed by atoms with van der Waals surface area (Å²) in [5.41, 5.74) is 1.22.